The van der Waals surface area contributed by atoms with Crippen LogP contribution in [0, 0.1) is 0 Å². The Labute approximate surface area is 115 Å². The minimum Gasteiger partial charge on any atom is -0.497 e. The highest BCUT2D eigenvalue weighted by Gasteiger charge is 2.07. The molecule has 2 heterocycles. The summed E-state index contributed by atoms with van der Waals surface area (Å²) in [5, 5.41) is 3.07. The maximum absolute atomic E-state index is 12.1. The number of ether oxygens (including phenoxy) is 1. The molecule has 20 heavy (non-hydrogen) atoms. The van der Waals surface area contributed by atoms with E-state index in [0.717, 1.165) is 16.9 Å². The molecule has 0 radical (unpaired) electrons. The van der Waals surface area contributed by atoms with Crippen molar-refractivity contribution in [1.82, 2.24) is 14.8 Å². The number of methoxy groups -OCH3 is 1. The van der Waals surface area contributed by atoms with Crippen molar-refractivity contribution in [3.05, 3.63) is 65.2 Å². The predicted octanol–water partition coefficient (Wildman–Crippen LogP) is 2.24. The van der Waals surface area contributed by atoms with Crippen LogP contribution in [0.3, 0.4) is 0 Å². The molecule has 0 bridgehead atoms. The van der Waals surface area contributed by atoms with Gasteiger partial charge in [-0.3, -0.25) is 14.9 Å². The summed E-state index contributed by atoms with van der Waals surface area (Å²) in [6.45, 7) is 0. The lowest BCUT2D eigenvalue weighted by Gasteiger charge is -2.04. The van der Waals surface area contributed by atoms with Crippen molar-refractivity contribution in [3.8, 4) is 22.7 Å². The summed E-state index contributed by atoms with van der Waals surface area (Å²) in [4.78, 5) is 16.1. The molecule has 1 N–H and O–H groups in total. The highest BCUT2D eigenvalue weighted by atomic mass is 16.5. The lowest BCUT2D eigenvalue weighted by molar-refractivity contribution is 0.414. The van der Waals surface area contributed by atoms with Gasteiger partial charge in [0.25, 0.3) is 5.56 Å². The number of benzene rings is 1. The summed E-state index contributed by atoms with van der Waals surface area (Å²) < 4.78 is 6.65. The third-order valence-corrected chi connectivity index (χ3v) is 3.00. The molecule has 0 fully saturated rings. The second-order valence-electron chi connectivity index (χ2n) is 4.29. The molecule has 5 nitrogen and oxygen atoms in total. The molecule has 0 unspecified atom stereocenters. The zero-order valence-corrected chi connectivity index (χ0v) is 10.9. The fourth-order valence-corrected chi connectivity index (χ4v) is 2.01. The van der Waals surface area contributed by atoms with Gasteiger partial charge in [0.2, 0.25) is 0 Å². The third kappa shape index (κ3) is 2.21. The molecule has 3 rings (SSSR count). The van der Waals surface area contributed by atoms with Crippen LogP contribution in [0.4, 0.5) is 0 Å². The number of hydrogen-bond donors (Lipinski definition) is 1. The van der Waals surface area contributed by atoms with Crippen LogP contribution in [-0.4, -0.2) is 21.9 Å². The SMILES string of the molecule is COc1cccc(-n2[nH]c(-c3cccnc3)cc2=O)c1. The van der Waals surface area contributed by atoms with E-state index in [1.165, 1.54) is 4.68 Å². The Morgan fingerprint density at radius 3 is 2.85 bits per heavy atom. The van der Waals surface area contributed by atoms with Crippen LogP contribution in [0.2, 0.25) is 0 Å². The number of hydrogen-bond acceptors (Lipinski definition) is 3. The normalized spacial score (nSPS) is 10.4. The van der Waals surface area contributed by atoms with E-state index in [-0.39, 0.29) is 5.56 Å². The van der Waals surface area contributed by atoms with E-state index in [1.807, 2.05) is 30.3 Å². The van der Waals surface area contributed by atoms with E-state index in [0.29, 0.717) is 5.75 Å². The van der Waals surface area contributed by atoms with Crippen molar-refractivity contribution in [2.45, 2.75) is 0 Å². The smallest absolute Gasteiger partial charge is 0.271 e. The summed E-state index contributed by atoms with van der Waals surface area (Å²) in [7, 11) is 1.59. The molecule has 2 aromatic heterocycles. The standard InChI is InChI=1S/C15H13N3O2/c1-20-13-6-2-5-12(8-13)18-15(19)9-14(17-18)11-4-3-7-16-10-11/h2-10,17H,1H3. The van der Waals surface area contributed by atoms with E-state index in [4.69, 9.17) is 4.74 Å². The molecule has 0 aliphatic rings. The van der Waals surface area contributed by atoms with Crippen LogP contribution in [0.1, 0.15) is 0 Å². The van der Waals surface area contributed by atoms with Gasteiger partial charge in [-0.15, -0.1) is 0 Å². The molecule has 0 saturated heterocycles. The van der Waals surface area contributed by atoms with Gasteiger partial charge >= 0.3 is 0 Å². The molecule has 0 amide bonds. The monoisotopic (exact) mass is 267 g/mol. The van der Waals surface area contributed by atoms with Crippen LogP contribution < -0.4 is 10.3 Å². The minimum atomic E-state index is -0.128. The molecule has 0 aliphatic carbocycles. The van der Waals surface area contributed by atoms with Gasteiger partial charge in [0.1, 0.15) is 5.75 Å². The Hall–Kier alpha value is -2.82. The van der Waals surface area contributed by atoms with E-state index < -0.39 is 0 Å². The third-order valence-electron chi connectivity index (χ3n) is 3.00. The Bertz CT molecular complexity index is 775. The number of rotatable bonds is 3. The Kier molecular flexibility index (Phi) is 3.09. The number of nitrogens with zero attached hydrogens (tertiary/aromatic N) is 2. The number of aromatic amines is 1. The molecule has 0 aliphatic heterocycles. The maximum Gasteiger partial charge on any atom is 0.271 e. The quantitative estimate of drug-likeness (QED) is 0.791. The van der Waals surface area contributed by atoms with E-state index in [1.54, 1.807) is 31.6 Å². The first-order valence-corrected chi connectivity index (χ1v) is 6.15. The predicted molar refractivity (Wildman–Crippen MR) is 76.2 cm³/mol. The van der Waals surface area contributed by atoms with Crippen molar-refractivity contribution >= 4 is 0 Å². The van der Waals surface area contributed by atoms with E-state index >= 15 is 0 Å². The summed E-state index contributed by atoms with van der Waals surface area (Å²) in [6, 6.07) is 12.6. The fourth-order valence-electron chi connectivity index (χ4n) is 2.01. The average molecular weight is 267 g/mol. The van der Waals surface area contributed by atoms with Crippen LogP contribution in [0.15, 0.2) is 59.7 Å². The van der Waals surface area contributed by atoms with E-state index in [9.17, 15) is 4.79 Å². The van der Waals surface area contributed by atoms with Gasteiger partial charge in [-0.1, -0.05) is 6.07 Å². The van der Waals surface area contributed by atoms with Crippen molar-refractivity contribution in [2.24, 2.45) is 0 Å². The molecule has 3 aromatic rings. The second kappa shape index (κ2) is 5.05. The van der Waals surface area contributed by atoms with Gasteiger partial charge in [-0.05, 0) is 24.3 Å². The van der Waals surface area contributed by atoms with Gasteiger partial charge in [0.15, 0.2) is 0 Å². The largest absolute Gasteiger partial charge is 0.497 e. The van der Waals surface area contributed by atoms with Gasteiger partial charge in [-0.25, -0.2) is 4.68 Å². The topological polar surface area (TPSA) is 59.9 Å². The highest BCUT2D eigenvalue weighted by molar-refractivity contribution is 5.57. The fraction of sp³-hybridized carbons (Fsp3) is 0.0667. The maximum atomic E-state index is 12.1. The number of nitrogens with one attached hydrogen (secondary N) is 1. The lowest BCUT2D eigenvalue weighted by Crippen LogP contribution is -2.13. The van der Waals surface area contributed by atoms with Gasteiger partial charge in [-0.2, -0.15) is 0 Å². The lowest BCUT2D eigenvalue weighted by atomic mass is 10.2. The summed E-state index contributed by atoms with van der Waals surface area (Å²) in [6.07, 6.45) is 3.40. The zero-order chi connectivity index (χ0) is 13.9. The molecule has 100 valence electrons. The van der Waals surface area contributed by atoms with Crippen LogP contribution in [-0.2, 0) is 0 Å². The average Bonchev–Trinajstić information content (AvgIpc) is 2.90. The first kappa shape index (κ1) is 12.2. The molecule has 0 atom stereocenters. The van der Waals surface area contributed by atoms with E-state index in [2.05, 4.69) is 10.1 Å². The van der Waals surface area contributed by atoms with Crippen molar-refractivity contribution in [3.63, 3.8) is 0 Å². The first-order chi connectivity index (χ1) is 9.78. The Morgan fingerprint density at radius 2 is 2.10 bits per heavy atom. The van der Waals surface area contributed by atoms with Crippen LogP contribution in [0.25, 0.3) is 16.9 Å². The molecule has 1 aromatic carbocycles. The molecule has 0 saturated carbocycles. The Morgan fingerprint density at radius 1 is 1.20 bits per heavy atom. The summed E-state index contributed by atoms with van der Waals surface area (Å²) in [5.41, 5.74) is 2.19. The van der Waals surface area contributed by atoms with Crippen molar-refractivity contribution < 1.29 is 4.74 Å². The number of H-pyrrole nitrogens is 1. The van der Waals surface area contributed by atoms with Crippen LogP contribution >= 0.6 is 0 Å². The van der Waals surface area contributed by atoms with Crippen molar-refractivity contribution in [1.29, 1.82) is 0 Å². The Balaban J connectivity index is 2.07. The second-order valence-corrected chi connectivity index (χ2v) is 4.29. The minimum absolute atomic E-state index is 0.128. The van der Waals surface area contributed by atoms with Gasteiger partial charge in [0, 0.05) is 30.1 Å². The molecule has 5 heteroatoms. The molecular formula is C15H13N3O2. The van der Waals surface area contributed by atoms with Crippen molar-refractivity contribution in [2.75, 3.05) is 7.11 Å². The van der Waals surface area contributed by atoms with Gasteiger partial charge in [0.05, 0.1) is 18.5 Å². The summed E-state index contributed by atoms with van der Waals surface area (Å²) >= 11 is 0. The molecule has 0 spiro atoms. The molecular weight excluding hydrogens is 254 g/mol. The number of aromatic nitrogens is 3. The summed E-state index contributed by atoms with van der Waals surface area (Å²) in [5.74, 6) is 0.701. The number of pyridine rings is 1. The first-order valence-electron chi connectivity index (χ1n) is 6.15. The highest BCUT2D eigenvalue weighted by Crippen LogP contribution is 2.17. The van der Waals surface area contributed by atoms with Crippen LogP contribution in [0.5, 0.6) is 5.75 Å². The zero-order valence-electron chi connectivity index (χ0n) is 10.9. The van der Waals surface area contributed by atoms with Gasteiger partial charge < -0.3 is 4.74 Å².